The number of aliphatic hydroxyl groups excluding tert-OH is 1. The highest BCUT2D eigenvalue weighted by molar-refractivity contribution is 7.89. The van der Waals surface area contributed by atoms with Crippen LogP contribution >= 0.6 is 0 Å². The van der Waals surface area contributed by atoms with Crippen LogP contribution < -0.4 is 4.72 Å². The molecule has 0 unspecified atom stereocenters. The SMILES string of the molecule is CCCCN(CC)C(=O)[C@H](CO)NS(=O)(=O)c1ccc(C)cc1. The van der Waals surface area contributed by atoms with Gasteiger partial charge in [0.2, 0.25) is 15.9 Å². The molecule has 0 saturated carbocycles. The van der Waals surface area contributed by atoms with Gasteiger partial charge in [0.05, 0.1) is 11.5 Å². The molecule has 1 amide bonds. The lowest BCUT2D eigenvalue weighted by Crippen LogP contribution is -2.50. The predicted molar refractivity (Wildman–Crippen MR) is 89.5 cm³/mol. The molecule has 0 bridgehead atoms. The van der Waals surface area contributed by atoms with Crippen molar-refractivity contribution in [2.45, 2.75) is 44.6 Å². The molecule has 0 saturated heterocycles. The summed E-state index contributed by atoms with van der Waals surface area (Å²) < 4.78 is 27.0. The summed E-state index contributed by atoms with van der Waals surface area (Å²) in [5, 5.41) is 9.45. The minimum Gasteiger partial charge on any atom is -0.394 e. The minimum atomic E-state index is -3.85. The van der Waals surface area contributed by atoms with Crippen molar-refractivity contribution in [3.63, 3.8) is 0 Å². The summed E-state index contributed by atoms with van der Waals surface area (Å²) in [6.07, 6.45) is 1.77. The number of nitrogens with one attached hydrogen (secondary N) is 1. The van der Waals surface area contributed by atoms with E-state index in [-0.39, 0.29) is 4.90 Å². The molecule has 1 atom stereocenters. The second-order valence-electron chi connectivity index (χ2n) is 5.44. The average Bonchev–Trinajstić information content (AvgIpc) is 2.53. The van der Waals surface area contributed by atoms with Crippen molar-refractivity contribution in [2.75, 3.05) is 19.7 Å². The van der Waals surface area contributed by atoms with E-state index in [4.69, 9.17) is 0 Å². The van der Waals surface area contributed by atoms with E-state index in [1.807, 2.05) is 20.8 Å². The van der Waals surface area contributed by atoms with Crippen LogP contribution in [0.5, 0.6) is 0 Å². The average molecular weight is 342 g/mol. The Bertz CT molecular complexity index is 599. The summed E-state index contributed by atoms with van der Waals surface area (Å²) in [6, 6.07) is 5.16. The zero-order chi connectivity index (χ0) is 17.5. The van der Waals surface area contributed by atoms with E-state index in [1.165, 1.54) is 12.1 Å². The first-order valence-corrected chi connectivity index (χ1v) is 9.32. The molecule has 0 heterocycles. The molecule has 2 N–H and O–H groups in total. The van der Waals surface area contributed by atoms with Gasteiger partial charge in [-0.1, -0.05) is 31.0 Å². The molecule has 0 radical (unpaired) electrons. The van der Waals surface area contributed by atoms with Gasteiger partial charge in [0.15, 0.2) is 0 Å². The Balaban J connectivity index is 2.89. The van der Waals surface area contributed by atoms with Crippen LogP contribution in [0.1, 0.15) is 32.3 Å². The Kier molecular flexibility index (Phi) is 7.67. The zero-order valence-electron chi connectivity index (χ0n) is 13.9. The molecule has 0 spiro atoms. The van der Waals surface area contributed by atoms with Gasteiger partial charge in [-0.25, -0.2) is 8.42 Å². The van der Waals surface area contributed by atoms with Crippen molar-refractivity contribution < 1.29 is 18.3 Å². The standard InChI is InChI=1S/C16H26N2O4S/c1-4-6-11-18(5-2)16(20)15(12-19)17-23(21,22)14-9-7-13(3)8-10-14/h7-10,15,17,19H,4-6,11-12H2,1-3H3/t15-/m0/s1. The molecule has 1 aromatic rings. The summed E-state index contributed by atoms with van der Waals surface area (Å²) in [7, 11) is -3.85. The third-order valence-corrected chi connectivity index (χ3v) is 5.07. The highest BCUT2D eigenvalue weighted by Crippen LogP contribution is 2.11. The van der Waals surface area contributed by atoms with Gasteiger partial charge in [-0.15, -0.1) is 0 Å². The summed E-state index contributed by atoms with van der Waals surface area (Å²) in [4.78, 5) is 14.0. The molecule has 7 heteroatoms. The van der Waals surface area contributed by atoms with Gasteiger partial charge < -0.3 is 10.0 Å². The smallest absolute Gasteiger partial charge is 0.243 e. The normalized spacial score (nSPS) is 12.9. The number of likely N-dealkylation sites (N-methyl/N-ethyl adjacent to an activating group) is 1. The van der Waals surface area contributed by atoms with E-state index >= 15 is 0 Å². The fourth-order valence-corrected chi connectivity index (χ4v) is 3.31. The van der Waals surface area contributed by atoms with Crippen molar-refractivity contribution in [1.29, 1.82) is 0 Å². The molecule has 6 nitrogen and oxygen atoms in total. The number of aryl methyl sites for hydroxylation is 1. The van der Waals surface area contributed by atoms with E-state index in [0.29, 0.717) is 13.1 Å². The summed E-state index contributed by atoms with van der Waals surface area (Å²) in [5.74, 6) is -0.404. The molecule has 0 aliphatic heterocycles. The second-order valence-corrected chi connectivity index (χ2v) is 7.15. The van der Waals surface area contributed by atoms with Crippen LogP contribution in [-0.2, 0) is 14.8 Å². The number of aliphatic hydroxyl groups is 1. The molecule has 23 heavy (non-hydrogen) atoms. The Morgan fingerprint density at radius 1 is 1.26 bits per heavy atom. The van der Waals surface area contributed by atoms with Gasteiger partial charge in [-0.3, -0.25) is 4.79 Å². The highest BCUT2D eigenvalue weighted by Gasteiger charge is 2.28. The maximum absolute atomic E-state index is 12.4. The van der Waals surface area contributed by atoms with Crippen molar-refractivity contribution in [3.8, 4) is 0 Å². The largest absolute Gasteiger partial charge is 0.394 e. The van der Waals surface area contributed by atoms with Crippen molar-refractivity contribution in [1.82, 2.24) is 9.62 Å². The van der Waals surface area contributed by atoms with Gasteiger partial charge in [-0.2, -0.15) is 4.72 Å². The Hall–Kier alpha value is -1.44. The first-order valence-electron chi connectivity index (χ1n) is 7.84. The van der Waals surface area contributed by atoms with Gasteiger partial charge in [0.1, 0.15) is 6.04 Å². The Labute approximate surface area is 138 Å². The van der Waals surface area contributed by atoms with Gasteiger partial charge in [0, 0.05) is 13.1 Å². The number of sulfonamides is 1. The number of nitrogens with zero attached hydrogens (tertiary/aromatic N) is 1. The van der Waals surface area contributed by atoms with Crippen LogP contribution in [0.25, 0.3) is 0 Å². The predicted octanol–water partition coefficient (Wildman–Crippen LogP) is 1.28. The topological polar surface area (TPSA) is 86.7 Å². The summed E-state index contributed by atoms with van der Waals surface area (Å²) in [6.45, 7) is 6.15. The monoisotopic (exact) mass is 342 g/mol. The summed E-state index contributed by atoms with van der Waals surface area (Å²) >= 11 is 0. The second kappa shape index (κ2) is 9.00. The van der Waals surface area contributed by atoms with Crippen molar-refractivity contribution in [2.24, 2.45) is 0 Å². The van der Waals surface area contributed by atoms with Crippen LogP contribution in [0.4, 0.5) is 0 Å². The minimum absolute atomic E-state index is 0.0750. The fourth-order valence-electron chi connectivity index (χ4n) is 2.13. The van der Waals surface area contributed by atoms with Gasteiger partial charge >= 0.3 is 0 Å². The van der Waals surface area contributed by atoms with Gasteiger partial charge in [0.25, 0.3) is 0 Å². The molecular formula is C16H26N2O4S. The lowest BCUT2D eigenvalue weighted by molar-refractivity contribution is -0.133. The number of carbonyl (C=O) groups is 1. The number of hydrogen-bond acceptors (Lipinski definition) is 4. The van der Waals surface area contributed by atoms with Crippen molar-refractivity contribution in [3.05, 3.63) is 29.8 Å². The van der Waals surface area contributed by atoms with Crippen LogP contribution in [0, 0.1) is 6.92 Å². The number of carbonyl (C=O) groups excluding carboxylic acids is 1. The number of unbranched alkanes of at least 4 members (excludes halogenated alkanes) is 1. The van der Waals surface area contributed by atoms with E-state index in [9.17, 15) is 18.3 Å². The van der Waals surface area contributed by atoms with E-state index in [2.05, 4.69) is 4.72 Å². The quantitative estimate of drug-likeness (QED) is 0.708. The number of benzene rings is 1. The molecule has 130 valence electrons. The fraction of sp³-hybridized carbons (Fsp3) is 0.562. The molecule has 1 rings (SSSR count). The zero-order valence-corrected chi connectivity index (χ0v) is 14.8. The number of rotatable bonds is 9. The van der Waals surface area contributed by atoms with Crippen LogP contribution in [-0.4, -0.2) is 50.1 Å². The third-order valence-electron chi connectivity index (χ3n) is 3.58. The molecule has 0 fully saturated rings. The lowest BCUT2D eigenvalue weighted by Gasteiger charge is -2.25. The van der Waals surface area contributed by atoms with Crippen LogP contribution in [0.3, 0.4) is 0 Å². The maximum atomic E-state index is 12.4. The Morgan fingerprint density at radius 2 is 1.87 bits per heavy atom. The molecule has 0 aliphatic carbocycles. The molecular weight excluding hydrogens is 316 g/mol. The van der Waals surface area contributed by atoms with E-state index in [1.54, 1.807) is 17.0 Å². The molecule has 1 aromatic carbocycles. The van der Waals surface area contributed by atoms with Gasteiger partial charge in [-0.05, 0) is 32.4 Å². The van der Waals surface area contributed by atoms with Crippen LogP contribution in [0.15, 0.2) is 29.2 Å². The summed E-state index contributed by atoms with van der Waals surface area (Å²) in [5.41, 5.74) is 0.940. The first-order chi connectivity index (χ1) is 10.9. The molecule has 0 aromatic heterocycles. The Morgan fingerprint density at radius 3 is 2.35 bits per heavy atom. The van der Waals surface area contributed by atoms with E-state index < -0.39 is 28.6 Å². The highest BCUT2D eigenvalue weighted by atomic mass is 32.2. The molecule has 0 aliphatic rings. The first kappa shape index (κ1) is 19.6. The number of hydrogen-bond donors (Lipinski definition) is 2. The van der Waals surface area contributed by atoms with E-state index in [0.717, 1.165) is 18.4 Å². The maximum Gasteiger partial charge on any atom is 0.243 e. The van der Waals surface area contributed by atoms with Crippen molar-refractivity contribution >= 4 is 15.9 Å². The van der Waals surface area contributed by atoms with Crippen LogP contribution in [0.2, 0.25) is 0 Å². The third kappa shape index (κ3) is 5.60. The lowest BCUT2D eigenvalue weighted by atomic mass is 10.2. The number of amides is 1.